The van der Waals surface area contributed by atoms with Crippen LogP contribution in [0.2, 0.25) is 0 Å². The summed E-state index contributed by atoms with van der Waals surface area (Å²) in [5, 5.41) is 7.16. The maximum absolute atomic E-state index is 5.82. The van der Waals surface area contributed by atoms with E-state index < -0.39 is 0 Å². The highest BCUT2D eigenvalue weighted by Crippen LogP contribution is 2.45. The fourth-order valence-corrected chi connectivity index (χ4v) is 3.31. The van der Waals surface area contributed by atoms with E-state index >= 15 is 0 Å². The molecule has 2 heterocycles. The summed E-state index contributed by atoms with van der Waals surface area (Å²) in [6, 6.07) is 8.38. The number of nitrogens with two attached hydrogens (primary N) is 1. The van der Waals surface area contributed by atoms with Crippen LogP contribution in [0.4, 0.5) is 0 Å². The van der Waals surface area contributed by atoms with Crippen molar-refractivity contribution in [1.29, 1.82) is 0 Å². The van der Waals surface area contributed by atoms with E-state index in [9.17, 15) is 0 Å². The zero-order chi connectivity index (χ0) is 11.1. The lowest BCUT2D eigenvalue weighted by Crippen LogP contribution is -2.14. The molecule has 0 fully saturated rings. The summed E-state index contributed by atoms with van der Waals surface area (Å²) < 4.78 is 1.92. The molecule has 6 heteroatoms. The van der Waals surface area contributed by atoms with E-state index in [2.05, 4.69) is 28.4 Å². The van der Waals surface area contributed by atoms with E-state index in [0.29, 0.717) is 4.77 Å². The summed E-state index contributed by atoms with van der Waals surface area (Å²) in [4.78, 5) is 1.31. The minimum absolute atomic E-state index is 0.260. The third kappa shape index (κ3) is 1.45. The van der Waals surface area contributed by atoms with Crippen molar-refractivity contribution in [1.82, 2.24) is 14.9 Å². The number of nitrogens with one attached hydrogen (secondary N) is 1. The second kappa shape index (κ2) is 3.64. The number of benzene rings is 1. The lowest BCUT2D eigenvalue weighted by Gasteiger charge is -2.05. The maximum atomic E-state index is 5.82. The van der Waals surface area contributed by atoms with Gasteiger partial charge in [-0.1, -0.05) is 18.2 Å². The van der Waals surface area contributed by atoms with Crippen molar-refractivity contribution in [3.05, 3.63) is 40.4 Å². The van der Waals surface area contributed by atoms with E-state index in [1.54, 1.807) is 11.8 Å². The van der Waals surface area contributed by atoms with Crippen LogP contribution in [0.3, 0.4) is 0 Å². The summed E-state index contributed by atoms with van der Waals surface area (Å²) in [5.74, 6) is 6.63. The van der Waals surface area contributed by atoms with Crippen molar-refractivity contribution in [2.24, 2.45) is 0 Å². The van der Waals surface area contributed by atoms with Crippen LogP contribution in [0.15, 0.2) is 29.2 Å². The van der Waals surface area contributed by atoms with E-state index in [4.69, 9.17) is 18.1 Å². The van der Waals surface area contributed by atoms with Crippen molar-refractivity contribution in [2.75, 3.05) is 5.84 Å². The van der Waals surface area contributed by atoms with E-state index in [-0.39, 0.29) is 5.25 Å². The first kappa shape index (κ1) is 9.92. The largest absolute Gasteiger partial charge is 0.335 e. The van der Waals surface area contributed by atoms with Crippen LogP contribution in [-0.4, -0.2) is 14.9 Å². The van der Waals surface area contributed by atoms with Gasteiger partial charge in [0.05, 0.1) is 5.25 Å². The number of fused-ring (bicyclic) bond motifs is 1. The average Bonchev–Trinajstić information content (AvgIpc) is 2.84. The fraction of sp³-hybridized carbons (Fsp3) is 0.200. The number of aromatic amines is 1. The monoisotopic (exact) mass is 250 g/mol. The molecule has 0 amide bonds. The van der Waals surface area contributed by atoms with E-state index in [1.807, 2.05) is 6.07 Å². The number of nitrogens with zero attached hydrogens (tertiary/aromatic N) is 2. The van der Waals surface area contributed by atoms with Crippen molar-refractivity contribution in [3.63, 3.8) is 0 Å². The van der Waals surface area contributed by atoms with Crippen LogP contribution < -0.4 is 5.84 Å². The third-order valence-corrected chi connectivity index (χ3v) is 4.27. The van der Waals surface area contributed by atoms with Gasteiger partial charge in [-0.25, -0.2) is 4.68 Å². The van der Waals surface area contributed by atoms with Crippen LogP contribution in [0.25, 0.3) is 0 Å². The lowest BCUT2D eigenvalue weighted by atomic mass is 10.1. The molecular formula is C10H10N4S2. The van der Waals surface area contributed by atoms with Crippen molar-refractivity contribution in [2.45, 2.75) is 16.6 Å². The summed E-state index contributed by atoms with van der Waals surface area (Å²) in [7, 11) is 0. The Morgan fingerprint density at radius 1 is 1.50 bits per heavy atom. The topological polar surface area (TPSA) is 59.6 Å². The van der Waals surface area contributed by atoms with E-state index in [0.717, 1.165) is 12.2 Å². The fourth-order valence-electron chi connectivity index (χ4n) is 1.87. The van der Waals surface area contributed by atoms with E-state index in [1.165, 1.54) is 15.1 Å². The van der Waals surface area contributed by atoms with Gasteiger partial charge in [0.2, 0.25) is 4.77 Å². The smallest absolute Gasteiger partial charge is 0.214 e. The number of aromatic nitrogens is 3. The summed E-state index contributed by atoms with van der Waals surface area (Å²) in [5.41, 5.74) is 1.35. The van der Waals surface area contributed by atoms with Gasteiger partial charge in [-0.3, -0.25) is 5.10 Å². The molecule has 2 aromatic rings. The van der Waals surface area contributed by atoms with Crippen LogP contribution in [0, 0.1) is 4.77 Å². The molecule has 1 aromatic carbocycles. The van der Waals surface area contributed by atoms with Gasteiger partial charge in [-0.05, 0) is 30.3 Å². The zero-order valence-corrected chi connectivity index (χ0v) is 10.0. The normalized spacial score (nSPS) is 18.6. The SMILES string of the molecule is Nn1c(C2Cc3ccccc3S2)n[nH]c1=S. The van der Waals surface area contributed by atoms with Gasteiger partial charge in [0.25, 0.3) is 0 Å². The minimum atomic E-state index is 0.260. The van der Waals surface area contributed by atoms with Crippen LogP contribution in [0.5, 0.6) is 0 Å². The number of nitrogen functional groups attached to an aromatic ring is 1. The molecule has 0 saturated heterocycles. The molecular weight excluding hydrogens is 240 g/mol. The highest BCUT2D eigenvalue weighted by Gasteiger charge is 2.27. The third-order valence-electron chi connectivity index (χ3n) is 2.67. The second-order valence-corrected chi connectivity index (χ2v) is 5.31. The Labute approximate surface area is 102 Å². The first-order chi connectivity index (χ1) is 7.75. The van der Waals surface area contributed by atoms with Gasteiger partial charge in [-0.2, -0.15) is 5.10 Å². The standard InChI is InChI=1S/C10H10N4S2/c11-14-9(12-13-10(14)15)8-5-6-3-1-2-4-7(6)16-8/h1-4,8H,5,11H2,(H,13,15). The van der Waals surface area contributed by atoms with Crippen LogP contribution in [-0.2, 0) is 6.42 Å². The molecule has 1 aliphatic rings. The molecule has 0 bridgehead atoms. The molecule has 1 aromatic heterocycles. The number of hydrogen-bond acceptors (Lipinski definition) is 4. The predicted molar refractivity (Wildman–Crippen MR) is 66.3 cm³/mol. The van der Waals surface area contributed by atoms with Crippen molar-refractivity contribution >= 4 is 24.0 Å². The molecule has 0 spiro atoms. The maximum Gasteiger partial charge on any atom is 0.214 e. The molecule has 16 heavy (non-hydrogen) atoms. The Morgan fingerprint density at radius 3 is 3.00 bits per heavy atom. The van der Waals surface area contributed by atoms with Gasteiger partial charge < -0.3 is 5.84 Å². The molecule has 4 nitrogen and oxygen atoms in total. The molecule has 0 saturated carbocycles. The Bertz CT molecular complexity index is 562. The highest BCUT2D eigenvalue weighted by atomic mass is 32.2. The van der Waals surface area contributed by atoms with Crippen molar-refractivity contribution in [3.8, 4) is 0 Å². The predicted octanol–water partition coefficient (Wildman–Crippen LogP) is 2.04. The molecule has 82 valence electrons. The van der Waals surface area contributed by atoms with Crippen LogP contribution >= 0.6 is 24.0 Å². The number of rotatable bonds is 1. The number of hydrogen-bond donors (Lipinski definition) is 2. The number of H-pyrrole nitrogens is 1. The summed E-state index contributed by atoms with van der Waals surface area (Å²) in [6.45, 7) is 0. The average molecular weight is 250 g/mol. The molecule has 1 unspecified atom stereocenters. The Balaban J connectivity index is 1.97. The van der Waals surface area contributed by atoms with Gasteiger partial charge in [0, 0.05) is 4.90 Å². The molecule has 0 radical (unpaired) electrons. The van der Waals surface area contributed by atoms with Crippen LogP contribution in [0.1, 0.15) is 16.6 Å². The summed E-state index contributed by atoms with van der Waals surface area (Å²) in [6.07, 6.45) is 0.956. The lowest BCUT2D eigenvalue weighted by molar-refractivity contribution is 0.793. The van der Waals surface area contributed by atoms with Gasteiger partial charge in [0.1, 0.15) is 0 Å². The highest BCUT2D eigenvalue weighted by molar-refractivity contribution is 7.99. The summed E-state index contributed by atoms with van der Waals surface area (Å²) >= 11 is 6.79. The molecule has 1 aliphatic heterocycles. The Kier molecular flexibility index (Phi) is 2.26. The molecule has 3 rings (SSSR count). The van der Waals surface area contributed by atoms with Gasteiger partial charge in [-0.15, -0.1) is 11.8 Å². The molecule has 1 atom stereocenters. The quantitative estimate of drug-likeness (QED) is 0.600. The van der Waals surface area contributed by atoms with Gasteiger partial charge >= 0.3 is 0 Å². The zero-order valence-electron chi connectivity index (χ0n) is 8.38. The molecule has 3 N–H and O–H groups in total. The molecule has 0 aliphatic carbocycles. The first-order valence-electron chi connectivity index (χ1n) is 4.92. The second-order valence-electron chi connectivity index (χ2n) is 3.68. The minimum Gasteiger partial charge on any atom is -0.335 e. The first-order valence-corrected chi connectivity index (χ1v) is 6.21. The Hall–Kier alpha value is -1.27. The number of thioether (sulfide) groups is 1. The Morgan fingerprint density at radius 2 is 2.31 bits per heavy atom. The van der Waals surface area contributed by atoms with Crippen molar-refractivity contribution < 1.29 is 0 Å². The van der Waals surface area contributed by atoms with Gasteiger partial charge in [0.15, 0.2) is 5.82 Å².